The third-order valence-corrected chi connectivity index (χ3v) is 9.24. The van der Waals surface area contributed by atoms with Crippen LogP contribution < -0.4 is 0 Å². The van der Waals surface area contributed by atoms with Gasteiger partial charge in [-0.05, 0) is 90.0 Å². The lowest BCUT2D eigenvalue weighted by Gasteiger charge is -2.09. The van der Waals surface area contributed by atoms with E-state index < -0.39 is 0 Å². The topological polar surface area (TPSA) is 27.2 Å². The van der Waals surface area contributed by atoms with E-state index in [9.17, 15) is 0 Å². The van der Waals surface area contributed by atoms with Crippen LogP contribution in [-0.2, 0) is 0 Å². The second-order valence-corrected chi connectivity index (χ2v) is 11.7. The van der Waals surface area contributed by atoms with E-state index in [1.54, 1.807) is 0 Å². The summed E-state index contributed by atoms with van der Waals surface area (Å²) < 4.78 is 6.88. The van der Waals surface area contributed by atoms with Crippen molar-refractivity contribution in [3.05, 3.63) is 158 Å². The number of aromatic nitrogens is 4. The van der Waals surface area contributed by atoms with Crippen LogP contribution in [0.3, 0.4) is 0 Å². The molecule has 0 aliphatic carbocycles. The first kappa shape index (κ1) is 24.3. The van der Waals surface area contributed by atoms with E-state index >= 15 is 0 Å². The molecular formula is C41H26N4. The number of rotatable bonds is 3. The Labute approximate surface area is 258 Å². The van der Waals surface area contributed by atoms with Crippen molar-refractivity contribution >= 4 is 60.3 Å². The van der Waals surface area contributed by atoms with Gasteiger partial charge >= 0.3 is 0 Å². The smallest absolute Gasteiger partial charge is 0.137 e. The fraction of sp³-hybridized carbons (Fsp3) is 0. The quantitative estimate of drug-likeness (QED) is 0.206. The molecule has 6 aromatic carbocycles. The van der Waals surface area contributed by atoms with Crippen LogP contribution in [0.15, 0.2) is 158 Å². The van der Waals surface area contributed by atoms with E-state index in [1.165, 1.54) is 60.4 Å². The van der Waals surface area contributed by atoms with Gasteiger partial charge in [0.25, 0.3) is 0 Å². The van der Waals surface area contributed by atoms with Gasteiger partial charge in [0.05, 0.1) is 33.1 Å². The van der Waals surface area contributed by atoms with Crippen molar-refractivity contribution in [2.75, 3.05) is 0 Å². The predicted octanol–water partition coefficient (Wildman–Crippen LogP) is 10.3. The van der Waals surface area contributed by atoms with E-state index in [1.807, 2.05) is 12.1 Å². The Balaban J connectivity index is 1.17. The maximum Gasteiger partial charge on any atom is 0.137 e. The maximum absolute atomic E-state index is 4.91. The van der Waals surface area contributed by atoms with Gasteiger partial charge in [-0.2, -0.15) is 0 Å². The molecule has 10 rings (SSSR count). The fourth-order valence-electron chi connectivity index (χ4n) is 7.23. The summed E-state index contributed by atoms with van der Waals surface area (Å²) in [5.74, 6) is 0. The Bertz CT molecular complexity index is 2760. The first-order valence-electron chi connectivity index (χ1n) is 15.3. The van der Waals surface area contributed by atoms with Gasteiger partial charge in [0, 0.05) is 39.1 Å². The summed E-state index contributed by atoms with van der Waals surface area (Å²) in [7, 11) is 0. The van der Waals surface area contributed by atoms with Crippen LogP contribution in [0, 0.1) is 0 Å². The van der Waals surface area contributed by atoms with Gasteiger partial charge < -0.3 is 9.13 Å². The second-order valence-electron chi connectivity index (χ2n) is 11.7. The van der Waals surface area contributed by atoms with Crippen LogP contribution >= 0.6 is 0 Å². The summed E-state index contributed by atoms with van der Waals surface area (Å²) in [6.45, 7) is 0. The number of fused-ring (bicyclic) bond motifs is 9. The Kier molecular flexibility index (Phi) is 4.96. The number of para-hydroxylation sites is 3. The Morgan fingerprint density at radius 2 is 0.933 bits per heavy atom. The molecule has 0 saturated carbocycles. The molecule has 0 aliphatic rings. The lowest BCUT2D eigenvalue weighted by atomic mass is 10.0. The van der Waals surface area contributed by atoms with Crippen molar-refractivity contribution in [3.63, 3.8) is 0 Å². The lowest BCUT2D eigenvalue weighted by molar-refractivity contribution is 1.18. The van der Waals surface area contributed by atoms with E-state index in [-0.39, 0.29) is 0 Å². The molecule has 0 aliphatic heterocycles. The molecular weight excluding hydrogens is 548 g/mol. The minimum atomic E-state index is 0.959. The summed E-state index contributed by atoms with van der Waals surface area (Å²) in [6, 6.07) is 54.6. The molecule has 4 aromatic heterocycles. The minimum Gasteiger partial charge on any atom is -0.309 e. The highest BCUT2D eigenvalue weighted by atomic mass is 15.0. The van der Waals surface area contributed by atoms with Crippen molar-refractivity contribution in [1.82, 2.24) is 18.5 Å². The van der Waals surface area contributed by atoms with E-state index in [0.29, 0.717) is 0 Å². The zero-order valence-corrected chi connectivity index (χ0v) is 24.3. The molecule has 4 nitrogen and oxygen atoms in total. The summed E-state index contributed by atoms with van der Waals surface area (Å²) in [5.41, 5.74) is 12.6. The highest BCUT2D eigenvalue weighted by Crippen LogP contribution is 2.38. The van der Waals surface area contributed by atoms with Crippen molar-refractivity contribution in [1.29, 1.82) is 0 Å². The monoisotopic (exact) mass is 574 g/mol. The first-order valence-corrected chi connectivity index (χ1v) is 15.3. The normalized spacial score (nSPS) is 12.0. The van der Waals surface area contributed by atoms with E-state index in [4.69, 9.17) is 4.98 Å². The van der Waals surface area contributed by atoms with Crippen molar-refractivity contribution < 1.29 is 0 Å². The Hall–Kier alpha value is -6.13. The van der Waals surface area contributed by atoms with E-state index in [0.717, 1.165) is 22.4 Å². The molecule has 4 heteroatoms. The average molecular weight is 575 g/mol. The SMILES string of the molecule is c1ccc(-n2c3ccccc3c3cc(-c4ccc5c(c4)c4ccccc4n5-c4ccc5c(c4)nc4ccccn45)ccc32)cc1. The standard InChI is InChI=1S/C41H26N4/c1-2-10-29(11-3-1)44-36-14-6-4-12-31(36)33-24-27(17-20-38(33)44)28-18-21-39-34(25-28)32-13-5-7-15-37(32)45(39)30-19-22-40-35(26-30)42-41-16-8-9-23-43(40)41/h1-26H. The van der Waals surface area contributed by atoms with Gasteiger partial charge in [-0.25, -0.2) is 4.98 Å². The third-order valence-electron chi connectivity index (χ3n) is 9.24. The highest BCUT2D eigenvalue weighted by Gasteiger charge is 2.16. The molecule has 0 atom stereocenters. The molecule has 10 aromatic rings. The molecule has 0 fully saturated rings. The summed E-state index contributed by atoms with van der Waals surface area (Å²) in [4.78, 5) is 4.91. The number of benzene rings is 6. The third kappa shape index (κ3) is 3.51. The number of hydrogen-bond acceptors (Lipinski definition) is 1. The number of hydrogen-bond donors (Lipinski definition) is 0. The molecule has 0 radical (unpaired) electrons. The average Bonchev–Trinajstić information content (AvgIpc) is 3.75. The molecule has 0 bridgehead atoms. The van der Waals surface area contributed by atoms with Crippen LogP contribution in [0.2, 0.25) is 0 Å². The lowest BCUT2D eigenvalue weighted by Crippen LogP contribution is -1.94. The van der Waals surface area contributed by atoms with E-state index in [2.05, 4.69) is 159 Å². The maximum atomic E-state index is 4.91. The molecule has 210 valence electrons. The molecule has 0 amide bonds. The number of imidazole rings is 1. The van der Waals surface area contributed by atoms with Gasteiger partial charge in [-0.3, -0.25) is 4.40 Å². The summed E-state index contributed by atoms with van der Waals surface area (Å²) in [6.07, 6.45) is 2.07. The molecule has 0 spiro atoms. The van der Waals surface area contributed by atoms with Crippen LogP contribution in [0.4, 0.5) is 0 Å². The van der Waals surface area contributed by atoms with Gasteiger partial charge in [-0.15, -0.1) is 0 Å². The molecule has 0 N–H and O–H groups in total. The summed E-state index contributed by atoms with van der Waals surface area (Å²) >= 11 is 0. The Morgan fingerprint density at radius 3 is 1.62 bits per heavy atom. The van der Waals surface area contributed by atoms with Crippen molar-refractivity contribution in [2.45, 2.75) is 0 Å². The Morgan fingerprint density at radius 1 is 0.378 bits per heavy atom. The van der Waals surface area contributed by atoms with Gasteiger partial charge in [0.1, 0.15) is 5.65 Å². The fourth-order valence-corrected chi connectivity index (χ4v) is 7.23. The van der Waals surface area contributed by atoms with Crippen LogP contribution in [0.5, 0.6) is 0 Å². The number of nitrogens with zero attached hydrogens (tertiary/aromatic N) is 4. The zero-order valence-electron chi connectivity index (χ0n) is 24.3. The van der Waals surface area contributed by atoms with Crippen LogP contribution in [-0.4, -0.2) is 18.5 Å². The molecule has 4 heterocycles. The number of pyridine rings is 1. The summed E-state index contributed by atoms with van der Waals surface area (Å²) in [5, 5.41) is 5.00. The highest BCUT2D eigenvalue weighted by molar-refractivity contribution is 6.12. The molecule has 45 heavy (non-hydrogen) atoms. The van der Waals surface area contributed by atoms with Crippen molar-refractivity contribution in [2.24, 2.45) is 0 Å². The van der Waals surface area contributed by atoms with Crippen LogP contribution in [0.1, 0.15) is 0 Å². The van der Waals surface area contributed by atoms with Gasteiger partial charge in [0.15, 0.2) is 0 Å². The van der Waals surface area contributed by atoms with Crippen molar-refractivity contribution in [3.8, 4) is 22.5 Å². The zero-order chi connectivity index (χ0) is 29.5. The van der Waals surface area contributed by atoms with Gasteiger partial charge in [-0.1, -0.05) is 72.8 Å². The second kappa shape index (κ2) is 9.18. The predicted molar refractivity (Wildman–Crippen MR) is 187 cm³/mol. The first-order chi connectivity index (χ1) is 22.3. The van der Waals surface area contributed by atoms with Crippen LogP contribution in [0.25, 0.3) is 82.8 Å². The van der Waals surface area contributed by atoms with Gasteiger partial charge in [0.2, 0.25) is 0 Å². The largest absolute Gasteiger partial charge is 0.309 e. The minimum absolute atomic E-state index is 0.959. The molecule has 0 unspecified atom stereocenters. The molecule has 0 saturated heterocycles.